The van der Waals surface area contributed by atoms with Gasteiger partial charge in [-0.1, -0.05) is 6.42 Å². The van der Waals surface area contributed by atoms with Crippen molar-refractivity contribution in [2.75, 3.05) is 0 Å². The molecule has 6 nitrogen and oxygen atoms in total. The first-order valence-electron chi connectivity index (χ1n) is 5.58. The van der Waals surface area contributed by atoms with Crippen LogP contribution in [0.15, 0.2) is 0 Å². The number of carbonyl (C=O) groups is 2. The lowest BCUT2D eigenvalue weighted by Gasteiger charge is -2.21. The Morgan fingerprint density at radius 2 is 1.71 bits per heavy atom. The summed E-state index contributed by atoms with van der Waals surface area (Å²) in [6, 6.07) is 0. The lowest BCUT2D eigenvalue weighted by Crippen LogP contribution is -2.21. The molecule has 1 unspecified atom stereocenters. The van der Waals surface area contributed by atoms with Gasteiger partial charge in [-0.15, -0.1) is 0 Å². The van der Waals surface area contributed by atoms with Crippen molar-refractivity contribution in [3.8, 4) is 0 Å². The maximum atomic E-state index is 11.3. The molecule has 0 bridgehead atoms. The second-order valence-corrected chi connectivity index (χ2v) is 4.48. The molecule has 0 spiro atoms. The summed E-state index contributed by atoms with van der Waals surface area (Å²) in [6.07, 6.45) is 4.51. The Balaban J connectivity index is 2.16. The van der Waals surface area contributed by atoms with Crippen molar-refractivity contribution in [2.24, 2.45) is 0 Å². The highest BCUT2D eigenvalue weighted by Gasteiger charge is 2.18. The zero-order valence-corrected chi connectivity index (χ0v) is 10.2. The summed E-state index contributed by atoms with van der Waals surface area (Å²) in [4.78, 5) is 22.1. The van der Waals surface area contributed by atoms with Crippen LogP contribution in [0, 0.1) is 0 Å². The van der Waals surface area contributed by atoms with Crippen LogP contribution in [0.25, 0.3) is 0 Å². The topological polar surface area (TPSA) is 92.7 Å². The molecule has 0 heterocycles. The normalized spacial score (nSPS) is 18.4. The summed E-state index contributed by atoms with van der Waals surface area (Å²) in [5, 5.41) is 0. The van der Waals surface area contributed by atoms with Gasteiger partial charge in [0, 0.05) is 0 Å². The fourth-order valence-corrected chi connectivity index (χ4v) is 1.98. The number of hydrogen-bond donors (Lipinski definition) is 0. The van der Waals surface area contributed by atoms with Crippen LogP contribution in [-0.2, 0) is 29.9 Å². The first-order valence-corrected chi connectivity index (χ1v) is 6.58. The quantitative estimate of drug-likeness (QED) is 0.542. The molecule has 0 N–H and O–H groups in total. The highest BCUT2D eigenvalue weighted by Crippen LogP contribution is 2.20. The van der Waals surface area contributed by atoms with Crippen LogP contribution in [0.3, 0.4) is 0 Å². The van der Waals surface area contributed by atoms with Gasteiger partial charge < -0.3 is 13.5 Å². The van der Waals surface area contributed by atoms with Gasteiger partial charge in [0.15, 0.2) is 0 Å². The SMILES string of the molecule is O=C(CCC(=O)OS(=O)[O-])OC1CCCCC1. The number of hydrogen-bond acceptors (Lipinski definition) is 6. The van der Waals surface area contributed by atoms with Crippen molar-refractivity contribution in [3.05, 3.63) is 0 Å². The van der Waals surface area contributed by atoms with E-state index in [2.05, 4.69) is 4.18 Å². The minimum Gasteiger partial charge on any atom is -0.740 e. The van der Waals surface area contributed by atoms with Crippen LogP contribution in [0.5, 0.6) is 0 Å². The van der Waals surface area contributed by atoms with Gasteiger partial charge in [-0.3, -0.25) is 9.59 Å². The molecule has 98 valence electrons. The van der Waals surface area contributed by atoms with Crippen molar-refractivity contribution in [2.45, 2.75) is 51.0 Å². The van der Waals surface area contributed by atoms with E-state index in [4.69, 9.17) is 4.74 Å². The summed E-state index contributed by atoms with van der Waals surface area (Å²) < 4.78 is 29.0. The van der Waals surface area contributed by atoms with Gasteiger partial charge in [0.2, 0.25) is 0 Å². The number of ether oxygens (including phenoxy) is 1. The van der Waals surface area contributed by atoms with E-state index in [1.807, 2.05) is 0 Å². The van der Waals surface area contributed by atoms with Crippen molar-refractivity contribution in [1.29, 1.82) is 0 Å². The van der Waals surface area contributed by atoms with Gasteiger partial charge in [-0.05, 0) is 25.7 Å². The number of esters is 1. The van der Waals surface area contributed by atoms with Crippen LogP contribution >= 0.6 is 0 Å². The predicted octanol–water partition coefficient (Wildman–Crippen LogP) is 0.980. The van der Waals surface area contributed by atoms with E-state index in [-0.39, 0.29) is 18.9 Å². The van der Waals surface area contributed by atoms with Gasteiger partial charge in [0.1, 0.15) is 17.5 Å². The van der Waals surface area contributed by atoms with Gasteiger partial charge in [0.25, 0.3) is 0 Å². The molecule has 17 heavy (non-hydrogen) atoms. The largest absolute Gasteiger partial charge is 0.740 e. The molecule has 0 aromatic heterocycles. The van der Waals surface area contributed by atoms with Gasteiger partial charge in [-0.25, -0.2) is 4.21 Å². The number of carbonyl (C=O) groups excluding carboxylic acids is 2. The molecular formula is C10H15O6S-. The summed E-state index contributed by atoms with van der Waals surface area (Å²) in [5.41, 5.74) is 0. The lowest BCUT2D eigenvalue weighted by molar-refractivity contribution is -0.152. The Bertz CT molecular complexity index is 297. The first kappa shape index (κ1) is 14.1. The van der Waals surface area contributed by atoms with E-state index in [1.165, 1.54) is 0 Å². The second-order valence-electron chi connectivity index (χ2n) is 3.91. The molecule has 1 fully saturated rings. The zero-order valence-electron chi connectivity index (χ0n) is 9.38. The maximum absolute atomic E-state index is 11.3. The van der Waals surface area contributed by atoms with Crippen LogP contribution < -0.4 is 0 Å². The molecule has 1 aliphatic rings. The summed E-state index contributed by atoms with van der Waals surface area (Å²) in [6.45, 7) is 0. The minimum absolute atomic E-state index is 0.0547. The molecule has 0 saturated heterocycles. The van der Waals surface area contributed by atoms with E-state index in [0.717, 1.165) is 32.1 Å². The smallest absolute Gasteiger partial charge is 0.319 e. The predicted molar refractivity (Wildman–Crippen MR) is 57.2 cm³/mol. The van der Waals surface area contributed by atoms with Gasteiger partial charge in [0.05, 0.1) is 12.8 Å². The van der Waals surface area contributed by atoms with Crippen LogP contribution in [-0.4, -0.2) is 26.8 Å². The molecule has 1 aliphatic carbocycles. The fourth-order valence-electron chi connectivity index (χ4n) is 1.75. The highest BCUT2D eigenvalue weighted by atomic mass is 32.2. The average molecular weight is 263 g/mol. The third-order valence-corrected chi connectivity index (χ3v) is 2.87. The average Bonchev–Trinajstić information content (AvgIpc) is 2.27. The van der Waals surface area contributed by atoms with Crippen LogP contribution in [0.4, 0.5) is 0 Å². The Hall–Kier alpha value is -0.950. The van der Waals surface area contributed by atoms with Crippen molar-refractivity contribution in [1.82, 2.24) is 0 Å². The molecule has 0 aliphatic heterocycles. The van der Waals surface area contributed by atoms with E-state index in [0.29, 0.717) is 0 Å². The Labute approximate surface area is 102 Å². The third kappa shape index (κ3) is 6.38. The minimum atomic E-state index is -2.87. The summed E-state index contributed by atoms with van der Waals surface area (Å²) in [7, 11) is 0. The summed E-state index contributed by atoms with van der Waals surface area (Å²) in [5.74, 6) is -1.43. The van der Waals surface area contributed by atoms with E-state index in [9.17, 15) is 18.4 Å². The van der Waals surface area contributed by atoms with Crippen LogP contribution in [0.1, 0.15) is 44.9 Å². The standard InChI is InChI=1S/C10H16O6S/c11-9(6-7-10(12)16-17(13)14)15-8-4-2-1-3-5-8/h8H,1-7H2,(H,13,14)/p-1. The van der Waals surface area contributed by atoms with Crippen molar-refractivity contribution >= 4 is 23.3 Å². The molecule has 0 aromatic rings. The first-order chi connectivity index (χ1) is 8.08. The molecule has 1 atom stereocenters. The Kier molecular flexibility index (Phi) is 6.13. The molecule has 0 amide bonds. The molecule has 1 saturated carbocycles. The summed E-state index contributed by atoms with van der Waals surface area (Å²) >= 11 is -2.87. The van der Waals surface area contributed by atoms with E-state index >= 15 is 0 Å². The monoisotopic (exact) mass is 263 g/mol. The number of rotatable bonds is 5. The third-order valence-electron chi connectivity index (χ3n) is 2.54. The van der Waals surface area contributed by atoms with E-state index < -0.39 is 23.3 Å². The molecule has 1 rings (SSSR count). The molecule has 0 aromatic carbocycles. The Morgan fingerprint density at radius 1 is 1.12 bits per heavy atom. The molecule has 7 heteroatoms. The van der Waals surface area contributed by atoms with Crippen molar-refractivity contribution in [3.63, 3.8) is 0 Å². The van der Waals surface area contributed by atoms with E-state index in [1.54, 1.807) is 0 Å². The zero-order chi connectivity index (χ0) is 12.7. The molecule has 0 radical (unpaired) electrons. The fraction of sp³-hybridized carbons (Fsp3) is 0.800. The Morgan fingerprint density at radius 3 is 2.29 bits per heavy atom. The maximum Gasteiger partial charge on any atom is 0.319 e. The van der Waals surface area contributed by atoms with Gasteiger partial charge >= 0.3 is 11.9 Å². The highest BCUT2D eigenvalue weighted by molar-refractivity contribution is 7.74. The van der Waals surface area contributed by atoms with Gasteiger partial charge in [-0.2, -0.15) is 0 Å². The van der Waals surface area contributed by atoms with Crippen LogP contribution in [0.2, 0.25) is 0 Å². The lowest BCUT2D eigenvalue weighted by atomic mass is 9.98. The second kappa shape index (κ2) is 7.39. The van der Waals surface area contributed by atoms with Crippen molar-refractivity contribution < 1.29 is 27.3 Å². The molecular weight excluding hydrogens is 248 g/mol.